The molecule has 1 N–H and O–H groups in total. The largest absolute Gasteiger partial charge is 0.326 e. The highest BCUT2D eigenvalue weighted by molar-refractivity contribution is 8.00. The Bertz CT molecular complexity index is 866. The highest BCUT2D eigenvalue weighted by Gasteiger charge is 2.34. The number of anilines is 2. The third kappa shape index (κ3) is 5.25. The molecular formula is C25H32N2O2S. The zero-order chi connectivity index (χ0) is 21.5. The van der Waals surface area contributed by atoms with E-state index in [1.54, 1.807) is 11.8 Å². The Morgan fingerprint density at radius 1 is 1.17 bits per heavy atom. The highest BCUT2D eigenvalue weighted by atomic mass is 32.2. The van der Waals surface area contributed by atoms with Crippen LogP contribution in [0.2, 0.25) is 0 Å². The smallest absolute Gasteiger partial charge is 0.238 e. The van der Waals surface area contributed by atoms with Crippen molar-refractivity contribution in [1.82, 2.24) is 0 Å². The Labute approximate surface area is 184 Å². The van der Waals surface area contributed by atoms with Gasteiger partial charge >= 0.3 is 0 Å². The second-order valence-electron chi connectivity index (χ2n) is 7.81. The molecule has 2 atom stereocenters. The molecule has 1 aliphatic rings. The first kappa shape index (κ1) is 22.4. The molecule has 1 heterocycles. The van der Waals surface area contributed by atoms with E-state index in [2.05, 4.69) is 38.2 Å². The summed E-state index contributed by atoms with van der Waals surface area (Å²) in [6.07, 6.45) is 4.92. The number of rotatable bonds is 9. The van der Waals surface area contributed by atoms with Gasteiger partial charge in [0.05, 0.1) is 5.75 Å². The lowest BCUT2D eigenvalue weighted by Gasteiger charge is -2.25. The van der Waals surface area contributed by atoms with Crippen LogP contribution in [0.1, 0.15) is 63.0 Å². The van der Waals surface area contributed by atoms with Crippen LogP contribution in [0.3, 0.4) is 0 Å². The predicted molar refractivity (Wildman–Crippen MR) is 127 cm³/mol. The molecule has 160 valence electrons. The summed E-state index contributed by atoms with van der Waals surface area (Å²) in [5.41, 5.74) is 4.06. The number of benzene rings is 2. The van der Waals surface area contributed by atoms with Gasteiger partial charge in [-0.2, -0.15) is 0 Å². The summed E-state index contributed by atoms with van der Waals surface area (Å²) in [6, 6.07) is 16.2. The van der Waals surface area contributed by atoms with Crippen LogP contribution >= 0.6 is 11.8 Å². The molecule has 1 aliphatic heterocycles. The average molecular weight is 425 g/mol. The zero-order valence-corrected chi connectivity index (χ0v) is 19.0. The minimum atomic E-state index is -0.0395. The fourth-order valence-corrected chi connectivity index (χ4v) is 5.00. The lowest BCUT2D eigenvalue weighted by atomic mass is 9.98. The number of thioether (sulfide) groups is 1. The summed E-state index contributed by atoms with van der Waals surface area (Å²) in [5.74, 6) is 0.781. The third-order valence-corrected chi connectivity index (χ3v) is 6.91. The normalized spacial score (nSPS) is 17.2. The maximum Gasteiger partial charge on any atom is 0.238 e. The Morgan fingerprint density at radius 3 is 2.60 bits per heavy atom. The standard InChI is InChI=1S/C25H32N2O2S/c1-4-7-10-19(6-3)24(29)26-21-14-12-20(13-15-21)25-27(23(28)17-30-25)22-11-8-9-18(5-2)16-22/h8-9,11-16,19,25H,4-7,10,17H2,1-3H3,(H,26,29)/t19-,25+/m0/s1. The second-order valence-corrected chi connectivity index (χ2v) is 8.88. The van der Waals surface area contributed by atoms with E-state index in [-0.39, 0.29) is 23.1 Å². The van der Waals surface area contributed by atoms with E-state index in [1.165, 1.54) is 5.56 Å². The van der Waals surface area contributed by atoms with Gasteiger partial charge in [0.2, 0.25) is 11.8 Å². The van der Waals surface area contributed by atoms with E-state index < -0.39 is 0 Å². The summed E-state index contributed by atoms with van der Waals surface area (Å²) in [5, 5.41) is 3.02. The van der Waals surface area contributed by atoms with Crippen molar-refractivity contribution in [1.29, 1.82) is 0 Å². The zero-order valence-electron chi connectivity index (χ0n) is 18.2. The molecule has 0 radical (unpaired) electrons. The van der Waals surface area contributed by atoms with Crippen molar-refractivity contribution in [2.24, 2.45) is 5.92 Å². The first-order valence-corrected chi connectivity index (χ1v) is 12.1. The van der Waals surface area contributed by atoms with Crippen molar-refractivity contribution >= 4 is 35.0 Å². The molecule has 0 aliphatic carbocycles. The van der Waals surface area contributed by atoms with Crippen LogP contribution in [-0.4, -0.2) is 17.6 Å². The number of carbonyl (C=O) groups is 2. The third-order valence-electron chi connectivity index (χ3n) is 5.70. The minimum Gasteiger partial charge on any atom is -0.326 e. The number of nitrogens with zero attached hydrogens (tertiary/aromatic N) is 1. The van der Waals surface area contributed by atoms with Gasteiger partial charge in [0.1, 0.15) is 5.37 Å². The summed E-state index contributed by atoms with van der Waals surface area (Å²) >= 11 is 1.65. The topological polar surface area (TPSA) is 49.4 Å². The first-order chi connectivity index (χ1) is 14.6. The van der Waals surface area contributed by atoms with Gasteiger partial charge in [0, 0.05) is 17.3 Å². The maximum atomic E-state index is 12.6. The van der Waals surface area contributed by atoms with Gasteiger partial charge in [-0.15, -0.1) is 11.8 Å². The number of hydrogen-bond acceptors (Lipinski definition) is 3. The molecule has 0 bridgehead atoms. The highest BCUT2D eigenvalue weighted by Crippen LogP contribution is 2.42. The van der Waals surface area contributed by atoms with Crippen molar-refractivity contribution in [2.75, 3.05) is 16.0 Å². The molecule has 0 aromatic heterocycles. The van der Waals surface area contributed by atoms with E-state index in [1.807, 2.05) is 41.3 Å². The van der Waals surface area contributed by atoms with Crippen LogP contribution in [0.15, 0.2) is 48.5 Å². The van der Waals surface area contributed by atoms with E-state index in [4.69, 9.17) is 0 Å². The quantitative estimate of drug-likeness (QED) is 0.523. The van der Waals surface area contributed by atoms with Crippen LogP contribution in [0.4, 0.5) is 11.4 Å². The van der Waals surface area contributed by atoms with Gasteiger partial charge in [-0.1, -0.05) is 57.9 Å². The number of nitrogens with one attached hydrogen (secondary N) is 1. The van der Waals surface area contributed by atoms with Crippen LogP contribution in [-0.2, 0) is 16.0 Å². The second kappa shape index (κ2) is 10.7. The van der Waals surface area contributed by atoms with Gasteiger partial charge < -0.3 is 5.32 Å². The Hall–Kier alpha value is -2.27. The van der Waals surface area contributed by atoms with Crippen LogP contribution in [0, 0.1) is 5.92 Å². The van der Waals surface area contributed by atoms with Crippen LogP contribution < -0.4 is 10.2 Å². The van der Waals surface area contributed by atoms with E-state index in [0.29, 0.717) is 5.75 Å². The van der Waals surface area contributed by atoms with E-state index in [0.717, 1.165) is 49.0 Å². The van der Waals surface area contributed by atoms with Crippen molar-refractivity contribution in [2.45, 2.75) is 58.2 Å². The molecule has 2 aromatic rings. The summed E-state index contributed by atoms with van der Waals surface area (Å²) in [6.45, 7) is 6.34. The van der Waals surface area contributed by atoms with Gasteiger partial charge in [-0.3, -0.25) is 14.5 Å². The molecule has 3 rings (SSSR count). The van der Waals surface area contributed by atoms with Crippen molar-refractivity contribution < 1.29 is 9.59 Å². The van der Waals surface area contributed by atoms with Crippen molar-refractivity contribution in [3.05, 3.63) is 59.7 Å². The van der Waals surface area contributed by atoms with E-state index >= 15 is 0 Å². The fraction of sp³-hybridized carbons (Fsp3) is 0.440. The molecule has 4 nitrogen and oxygen atoms in total. The number of amides is 2. The van der Waals surface area contributed by atoms with Gasteiger partial charge in [0.15, 0.2) is 0 Å². The molecule has 30 heavy (non-hydrogen) atoms. The van der Waals surface area contributed by atoms with Gasteiger partial charge in [-0.05, 0) is 54.7 Å². The maximum absolute atomic E-state index is 12.6. The number of hydrogen-bond donors (Lipinski definition) is 1. The lowest BCUT2D eigenvalue weighted by Crippen LogP contribution is -2.28. The van der Waals surface area contributed by atoms with Crippen molar-refractivity contribution in [3.8, 4) is 0 Å². The Kier molecular flexibility index (Phi) is 7.97. The number of aryl methyl sites for hydroxylation is 1. The molecule has 2 aromatic carbocycles. The van der Waals surface area contributed by atoms with Gasteiger partial charge in [0.25, 0.3) is 0 Å². The molecule has 0 unspecified atom stereocenters. The Balaban J connectivity index is 1.73. The molecule has 1 saturated heterocycles. The molecular weight excluding hydrogens is 392 g/mol. The lowest BCUT2D eigenvalue weighted by molar-refractivity contribution is -0.120. The minimum absolute atomic E-state index is 0.0395. The first-order valence-electron chi connectivity index (χ1n) is 11.0. The summed E-state index contributed by atoms with van der Waals surface area (Å²) < 4.78 is 0. The SMILES string of the molecule is CCCC[C@H](CC)C(=O)Nc1ccc([C@H]2SCC(=O)N2c2cccc(CC)c2)cc1. The molecule has 5 heteroatoms. The molecule has 0 spiro atoms. The number of unbranched alkanes of at least 4 members (excludes halogenated alkanes) is 1. The van der Waals surface area contributed by atoms with Crippen LogP contribution in [0.5, 0.6) is 0 Å². The molecule has 2 amide bonds. The number of carbonyl (C=O) groups excluding carboxylic acids is 2. The average Bonchev–Trinajstić information content (AvgIpc) is 3.16. The molecule has 0 saturated carbocycles. The summed E-state index contributed by atoms with van der Waals surface area (Å²) in [4.78, 5) is 27.1. The Morgan fingerprint density at radius 2 is 1.93 bits per heavy atom. The monoisotopic (exact) mass is 424 g/mol. The molecule has 1 fully saturated rings. The van der Waals surface area contributed by atoms with Gasteiger partial charge in [-0.25, -0.2) is 0 Å². The van der Waals surface area contributed by atoms with Crippen LogP contribution in [0.25, 0.3) is 0 Å². The van der Waals surface area contributed by atoms with E-state index in [9.17, 15) is 9.59 Å². The summed E-state index contributed by atoms with van der Waals surface area (Å²) in [7, 11) is 0. The predicted octanol–water partition coefficient (Wildman–Crippen LogP) is 6.18. The fourth-order valence-electron chi connectivity index (χ4n) is 3.82. The van der Waals surface area contributed by atoms with Crippen molar-refractivity contribution in [3.63, 3.8) is 0 Å².